The predicted octanol–water partition coefficient (Wildman–Crippen LogP) is 4.64. The van der Waals surface area contributed by atoms with Gasteiger partial charge in [0, 0.05) is 18.5 Å². The quantitative estimate of drug-likeness (QED) is 0.345. The number of likely N-dealkylation sites (tertiary alicyclic amines) is 1. The van der Waals surface area contributed by atoms with E-state index in [4.69, 9.17) is 9.47 Å². The van der Waals surface area contributed by atoms with Gasteiger partial charge in [0.25, 0.3) is 11.7 Å². The topological polar surface area (TPSA) is 76.1 Å². The van der Waals surface area contributed by atoms with Gasteiger partial charge in [-0.25, -0.2) is 0 Å². The van der Waals surface area contributed by atoms with Gasteiger partial charge in [-0.15, -0.1) is 0 Å². The number of Topliss-reactive ketones (excluding diaryl/α,β-unsaturated/α-hetero) is 1. The smallest absolute Gasteiger partial charge is 0.295 e. The lowest BCUT2D eigenvalue weighted by molar-refractivity contribution is -0.140. The van der Waals surface area contributed by atoms with Crippen molar-refractivity contribution in [2.45, 2.75) is 32.0 Å². The molecule has 1 amide bonds. The summed E-state index contributed by atoms with van der Waals surface area (Å²) in [6.45, 7) is 2.23. The number of methoxy groups -OCH3 is 1. The van der Waals surface area contributed by atoms with Gasteiger partial charge in [-0.2, -0.15) is 0 Å². The Morgan fingerprint density at radius 1 is 1.06 bits per heavy atom. The molecule has 1 fully saturated rings. The molecule has 2 aliphatic heterocycles. The zero-order valence-corrected chi connectivity index (χ0v) is 19.0. The third-order valence-corrected chi connectivity index (χ3v) is 6.34. The predicted molar refractivity (Wildman–Crippen MR) is 128 cm³/mol. The van der Waals surface area contributed by atoms with E-state index in [1.54, 1.807) is 31.4 Å². The number of amides is 1. The number of carbonyl (C=O) groups excluding carboxylic acids is 2. The maximum absolute atomic E-state index is 13.3. The van der Waals surface area contributed by atoms with Crippen molar-refractivity contribution in [3.05, 3.63) is 101 Å². The van der Waals surface area contributed by atoms with Crippen LogP contribution in [0.5, 0.6) is 11.5 Å². The van der Waals surface area contributed by atoms with Crippen molar-refractivity contribution in [2.75, 3.05) is 7.11 Å². The minimum absolute atomic E-state index is 0.0585. The maximum Gasteiger partial charge on any atom is 0.295 e. The molecule has 2 atom stereocenters. The van der Waals surface area contributed by atoms with E-state index in [-0.39, 0.29) is 24.0 Å². The average molecular weight is 456 g/mol. The first-order chi connectivity index (χ1) is 16.5. The highest BCUT2D eigenvalue weighted by atomic mass is 16.5. The molecule has 6 heteroatoms. The van der Waals surface area contributed by atoms with Gasteiger partial charge in [-0.1, -0.05) is 42.5 Å². The Kier molecular flexibility index (Phi) is 5.57. The lowest BCUT2D eigenvalue weighted by Gasteiger charge is -2.25. The number of nitrogens with zero attached hydrogens (tertiary/aromatic N) is 1. The Morgan fingerprint density at radius 3 is 2.50 bits per heavy atom. The highest BCUT2D eigenvalue weighted by molar-refractivity contribution is 6.46. The largest absolute Gasteiger partial charge is 0.507 e. The zero-order chi connectivity index (χ0) is 23.8. The molecule has 0 bridgehead atoms. The molecule has 0 unspecified atom stereocenters. The Bertz CT molecular complexity index is 1280. The van der Waals surface area contributed by atoms with E-state index in [1.165, 1.54) is 4.90 Å². The Balaban J connectivity index is 1.62. The van der Waals surface area contributed by atoms with Crippen LogP contribution in [0.2, 0.25) is 0 Å². The third-order valence-electron chi connectivity index (χ3n) is 6.34. The van der Waals surface area contributed by atoms with E-state index in [9.17, 15) is 14.7 Å². The normalized spacial score (nSPS) is 20.8. The summed E-state index contributed by atoms with van der Waals surface area (Å²) in [6.07, 6.45) is 0.781. The van der Waals surface area contributed by atoms with Crippen molar-refractivity contribution in [1.29, 1.82) is 0 Å². The summed E-state index contributed by atoms with van der Waals surface area (Å²) in [5.41, 5.74) is 3.16. The monoisotopic (exact) mass is 455 g/mol. The number of aliphatic hydroxyl groups excluding tert-OH is 1. The summed E-state index contributed by atoms with van der Waals surface area (Å²) in [5.74, 6) is -0.0717. The number of aliphatic hydroxyl groups is 1. The van der Waals surface area contributed by atoms with Crippen LogP contribution in [0.25, 0.3) is 5.76 Å². The van der Waals surface area contributed by atoms with Crippen LogP contribution < -0.4 is 9.47 Å². The number of ether oxygens (including phenoxy) is 2. The van der Waals surface area contributed by atoms with E-state index >= 15 is 0 Å². The minimum atomic E-state index is -0.727. The van der Waals surface area contributed by atoms with Gasteiger partial charge >= 0.3 is 0 Å². The molecule has 0 aromatic heterocycles. The van der Waals surface area contributed by atoms with Crippen LogP contribution in [0.1, 0.15) is 35.2 Å². The summed E-state index contributed by atoms with van der Waals surface area (Å²) in [4.78, 5) is 28.0. The van der Waals surface area contributed by atoms with E-state index in [2.05, 4.69) is 0 Å². The summed E-state index contributed by atoms with van der Waals surface area (Å²) >= 11 is 0. The van der Waals surface area contributed by atoms with E-state index in [0.29, 0.717) is 11.3 Å². The molecule has 2 aliphatic rings. The summed E-state index contributed by atoms with van der Waals surface area (Å²) in [5, 5.41) is 11.3. The maximum atomic E-state index is 13.3. The molecule has 3 aromatic rings. The van der Waals surface area contributed by atoms with Gasteiger partial charge in [-0.3, -0.25) is 9.59 Å². The van der Waals surface area contributed by atoms with Crippen molar-refractivity contribution < 1.29 is 24.2 Å². The highest BCUT2D eigenvalue weighted by Crippen LogP contribution is 2.41. The van der Waals surface area contributed by atoms with Gasteiger partial charge in [0.05, 0.1) is 18.7 Å². The Morgan fingerprint density at radius 2 is 1.79 bits per heavy atom. The summed E-state index contributed by atoms with van der Waals surface area (Å²) in [7, 11) is 1.58. The third kappa shape index (κ3) is 3.81. The van der Waals surface area contributed by atoms with Crippen LogP contribution in [-0.2, 0) is 22.6 Å². The molecular formula is C28H25NO5. The van der Waals surface area contributed by atoms with Crippen LogP contribution in [0.4, 0.5) is 0 Å². The highest BCUT2D eigenvalue weighted by Gasteiger charge is 2.46. The molecule has 2 heterocycles. The Hall–Kier alpha value is -4.06. The Labute approximate surface area is 198 Å². The number of carbonyl (C=O) groups is 2. The van der Waals surface area contributed by atoms with Gasteiger partial charge in [0.15, 0.2) is 0 Å². The van der Waals surface area contributed by atoms with Crippen molar-refractivity contribution in [2.24, 2.45) is 0 Å². The molecule has 3 aromatic carbocycles. The number of hydrogen-bond acceptors (Lipinski definition) is 5. The van der Waals surface area contributed by atoms with Crippen molar-refractivity contribution in [3.8, 4) is 11.5 Å². The molecule has 172 valence electrons. The lowest BCUT2D eigenvalue weighted by atomic mass is 9.94. The van der Waals surface area contributed by atoms with Crippen LogP contribution >= 0.6 is 0 Å². The molecule has 5 rings (SSSR count). The van der Waals surface area contributed by atoms with Gasteiger partial charge in [0.1, 0.15) is 23.4 Å². The second-order valence-corrected chi connectivity index (χ2v) is 8.64. The molecule has 1 N–H and O–H groups in total. The van der Waals surface area contributed by atoms with Gasteiger partial charge < -0.3 is 19.5 Å². The van der Waals surface area contributed by atoms with Crippen LogP contribution in [0.3, 0.4) is 0 Å². The molecular weight excluding hydrogens is 430 g/mol. The van der Waals surface area contributed by atoms with E-state index in [0.717, 1.165) is 28.9 Å². The van der Waals surface area contributed by atoms with Crippen LogP contribution in [0.15, 0.2) is 78.4 Å². The number of fused-ring (bicyclic) bond motifs is 1. The number of rotatable bonds is 5. The van der Waals surface area contributed by atoms with Crippen LogP contribution in [0, 0.1) is 0 Å². The fourth-order valence-electron chi connectivity index (χ4n) is 4.68. The lowest BCUT2D eigenvalue weighted by Crippen LogP contribution is -2.29. The number of benzene rings is 3. The first-order valence-electron chi connectivity index (χ1n) is 11.2. The fraction of sp³-hybridized carbons (Fsp3) is 0.214. The fourth-order valence-corrected chi connectivity index (χ4v) is 4.68. The standard InChI is InChI=1S/C28H25NO5/c1-17-14-21-15-20(10-13-23(21)34-17)26(30)24-25(19-8-11-22(33-2)12-9-19)29(28(32)27(24)31)16-18-6-4-3-5-7-18/h3-13,15,17,25,30H,14,16H2,1-2H3/t17-,25+/m1/s1. The molecule has 6 nitrogen and oxygen atoms in total. The number of ketones is 1. The van der Waals surface area contributed by atoms with Crippen LogP contribution in [-0.4, -0.2) is 34.9 Å². The molecule has 34 heavy (non-hydrogen) atoms. The van der Waals surface area contributed by atoms with Crippen molar-refractivity contribution >= 4 is 17.4 Å². The van der Waals surface area contributed by atoms with Crippen molar-refractivity contribution in [3.63, 3.8) is 0 Å². The molecule has 0 saturated carbocycles. The molecule has 0 radical (unpaired) electrons. The van der Waals surface area contributed by atoms with Gasteiger partial charge in [-0.05, 0) is 53.9 Å². The van der Waals surface area contributed by atoms with E-state index < -0.39 is 17.7 Å². The van der Waals surface area contributed by atoms with E-state index in [1.807, 2.05) is 55.5 Å². The minimum Gasteiger partial charge on any atom is -0.507 e. The summed E-state index contributed by atoms with van der Waals surface area (Å²) in [6, 6.07) is 21.3. The molecule has 0 aliphatic carbocycles. The second kappa shape index (κ2) is 8.71. The first kappa shape index (κ1) is 21.8. The average Bonchev–Trinajstić information content (AvgIpc) is 3.35. The first-order valence-corrected chi connectivity index (χ1v) is 11.2. The summed E-state index contributed by atoms with van der Waals surface area (Å²) < 4.78 is 11.0. The second-order valence-electron chi connectivity index (χ2n) is 8.64. The number of hydrogen-bond donors (Lipinski definition) is 1. The van der Waals surface area contributed by atoms with Gasteiger partial charge in [0.2, 0.25) is 0 Å². The molecule has 1 saturated heterocycles. The SMILES string of the molecule is COc1ccc([C@H]2C(=C(O)c3ccc4c(c3)C[C@@H](C)O4)C(=O)C(=O)N2Cc2ccccc2)cc1. The van der Waals surface area contributed by atoms with Crippen molar-refractivity contribution in [1.82, 2.24) is 4.90 Å². The zero-order valence-electron chi connectivity index (χ0n) is 19.0. The molecule has 0 spiro atoms.